The Kier molecular flexibility index (Phi) is 7.25. The number of ketones is 1. The average Bonchev–Trinajstić information content (AvgIpc) is 2.96. The van der Waals surface area contributed by atoms with Gasteiger partial charge in [0.25, 0.3) is 10.1 Å². The van der Waals surface area contributed by atoms with Crippen molar-refractivity contribution in [1.29, 1.82) is 0 Å². The summed E-state index contributed by atoms with van der Waals surface area (Å²) in [7, 11) is -4.34. The van der Waals surface area contributed by atoms with Crippen molar-refractivity contribution in [1.82, 2.24) is 0 Å². The number of carbonyl (C=O) groups excluding carboxylic acids is 1. The number of carboxylic acid groups (broad SMARTS) is 1. The third kappa shape index (κ3) is 6.08. The minimum atomic E-state index is -4.34. The van der Waals surface area contributed by atoms with Crippen LogP contribution in [0.3, 0.4) is 0 Å². The van der Waals surface area contributed by atoms with Gasteiger partial charge in [0, 0.05) is 5.39 Å². The molecule has 12 heteroatoms. The molecule has 41 heavy (non-hydrogen) atoms. The van der Waals surface area contributed by atoms with Crippen molar-refractivity contribution in [3.05, 3.63) is 103 Å². The molecule has 11 nitrogen and oxygen atoms in total. The number of nitrogens with zero attached hydrogens (tertiary/aromatic N) is 3. The Morgan fingerprint density at radius 3 is 2.20 bits per heavy atom. The fourth-order valence-electron chi connectivity index (χ4n) is 4.03. The molecule has 0 bridgehead atoms. The predicted octanol–water partition coefficient (Wildman–Crippen LogP) is 5.67. The molecule has 0 amide bonds. The topological polar surface area (TPSA) is 184 Å². The quantitative estimate of drug-likeness (QED) is 0.0549. The monoisotopic (exact) mass is 567 g/mol. The first-order valence-corrected chi connectivity index (χ1v) is 13.5. The van der Waals surface area contributed by atoms with E-state index in [-0.39, 0.29) is 10.5 Å². The summed E-state index contributed by atoms with van der Waals surface area (Å²) in [5.41, 5.74) is 12.7. The van der Waals surface area contributed by atoms with Gasteiger partial charge in [-0.05, 0) is 77.2 Å². The molecule has 0 atom stereocenters. The number of hydrogen-bond acceptors (Lipinski definition) is 9. The van der Waals surface area contributed by atoms with Crippen LogP contribution in [0.2, 0.25) is 0 Å². The highest BCUT2D eigenvalue weighted by Gasteiger charge is 2.18. The number of nitrogen functional groups attached to an aromatic ring is 1. The van der Waals surface area contributed by atoms with Gasteiger partial charge in [-0.15, -0.1) is 5.11 Å². The van der Waals surface area contributed by atoms with Gasteiger partial charge in [0.1, 0.15) is 11.3 Å². The summed E-state index contributed by atoms with van der Waals surface area (Å²) in [5.74, 6) is -1.89. The number of allylic oxidation sites excluding steroid dienone is 3. The van der Waals surface area contributed by atoms with Gasteiger partial charge in [-0.2, -0.15) is 18.6 Å². The standard InChI is InChI=1S/C29H21N5O6S/c30-26-13-5-19-15-23(41(38,39)40)11-12-24(19)28(26)34-32-21-8-3-18(4-9-21)17-1-6-20(7-2-17)31-33-22-10-14-27(35)25(16-22)29(36)37/h1-16,31H,30H2,(H,36,37)(H,38,39,40). The molecule has 0 saturated carbocycles. The Labute approximate surface area is 233 Å². The lowest BCUT2D eigenvalue weighted by Gasteiger charge is -2.07. The van der Waals surface area contributed by atoms with E-state index in [0.717, 1.165) is 17.2 Å². The normalized spacial score (nSPS) is 14.5. The highest BCUT2D eigenvalue weighted by atomic mass is 32.2. The summed E-state index contributed by atoms with van der Waals surface area (Å²) in [6.45, 7) is 0. The predicted molar refractivity (Wildman–Crippen MR) is 155 cm³/mol. The number of fused-ring (bicyclic) bond motifs is 1. The van der Waals surface area contributed by atoms with Crippen molar-refractivity contribution in [2.24, 2.45) is 15.3 Å². The molecule has 0 unspecified atom stereocenters. The molecule has 5 rings (SSSR count). The fourth-order valence-corrected chi connectivity index (χ4v) is 4.55. The number of nitrogens with one attached hydrogen (secondary N) is 1. The number of nitrogens with two attached hydrogens (primary N) is 1. The number of aliphatic carboxylic acids is 1. The molecule has 204 valence electrons. The van der Waals surface area contributed by atoms with Gasteiger partial charge in [0.05, 0.1) is 27.7 Å². The van der Waals surface area contributed by atoms with Gasteiger partial charge < -0.3 is 10.8 Å². The number of azo groups is 1. The summed E-state index contributed by atoms with van der Waals surface area (Å²) < 4.78 is 32.2. The van der Waals surface area contributed by atoms with Gasteiger partial charge in [-0.1, -0.05) is 36.4 Å². The van der Waals surface area contributed by atoms with Crippen LogP contribution >= 0.6 is 0 Å². The number of hydrogen-bond donors (Lipinski definition) is 4. The van der Waals surface area contributed by atoms with Crippen LogP contribution in [0.1, 0.15) is 0 Å². The number of benzene rings is 4. The van der Waals surface area contributed by atoms with E-state index < -0.39 is 21.9 Å². The summed E-state index contributed by atoms with van der Waals surface area (Å²) in [6, 6.07) is 22.1. The van der Waals surface area contributed by atoms with E-state index in [0.29, 0.717) is 39.2 Å². The van der Waals surface area contributed by atoms with Crippen LogP contribution in [0.25, 0.3) is 21.9 Å². The average molecular weight is 568 g/mol. The van der Waals surface area contributed by atoms with Crippen molar-refractivity contribution in [2.45, 2.75) is 4.90 Å². The first kappa shape index (κ1) is 27.1. The third-order valence-electron chi connectivity index (χ3n) is 6.15. The molecule has 0 radical (unpaired) electrons. The Bertz CT molecular complexity index is 1930. The highest BCUT2D eigenvalue weighted by Crippen LogP contribution is 2.35. The minimum absolute atomic E-state index is 0.226. The second-order valence-corrected chi connectivity index (χ2v) is 10.3. The van der Waals surface area contributed by atoms with Crippen molar-refractivity contribution < 1.29 is 27.7 Å². The van der Waals surface area contributed by atoms with E-state index in [2.05, 4.69) is 20.8 Å². The molecule has 0 fully saturated rings. The number of rotatable bonds is 7. The Balaban J connectivity index is 1.30. The van der Waals surface area contributed by atoms with Crippen molar-refractivity contribution >= 4 is 61.1 Å². The molecule has 0 aromatic heterocycles. The summed E-state index contributed by atoms with van der Waals surface area (Å²) in [6.07, 6.45) is 3.80. The summed E-state index contributed by atoms with van der Waals surface area (Å²) in [4.78, 5) is 22.5. The first-order chi connectivity index (χ1) is 19.6. The third-order valence-corrected chi connectivity index (χ3v) is 7.00. The Morgan fingerprint density at radius 2 is 1.54 bits per heavy atom. The van der Waals surface area contributed by atoms with E-state index in [1.165, 1.54) is 30.4 Å². The van der Waals surface area contributed by atoms with Gasteiger partial charge in [-0.3, -0.25) is 14.8 Å². The molecule has 0 heterocycles. The van der Waals surface area contributed by atoms with Gasteiger partial charge in [-0.25, -0.2) is 4.79 Å². The zero-order chi connectivity index (χ0) is 29.1. The molecular formula is C29H21N5O6S. The lowest BCUT2D eigenvalue weighted by molar-refractivity contribution is -0.134. The SMILES string of the molecule is Nc1ccc2cc(S(=O)(=O)O)ccc2c1N=Nc1ccc(-c2ccc(NN=C3C=CC(=O)C(C(=O)O)=C3)cc2)cc1. The molecule has 0 saturated heterocycles. The molecule has 1 aliphatic carbocycles. The van der Waals surface area contributed by atoms with Gasteiger partial charge in [0.2, 0.25) is 0 Å². The van der Waals surface area contributed by atoms with E-state index in [1.807, 2.05) is 36.4 Å². The number of carbonyl (C=O) groups is 2. The van der Waals surface area contributed by atoms with Crippen molar-refractivity contribution in [3.8, 4) is 11.1 Å². The minimum Gasteiger partial charge on any atom is -0.478 e. The summed E-state index contributed by atoms with van der Waals surface area (Å²) >= 11 is 0. The Hall–Kier alpha value is -5.46. The van der Waals surface area contributed by atoms with Crippen LogP contribution in [0.5, 0.6) is 0 Å². The zero-order valence-corrected chi connectivity index (χ0v) is 21.9. The highest BCUT2D eigenvalue weighted by molar-refractivity contribution is 7.85. The van der Waals surface area contributed by atoms with Crippen LogP contribution in [-0.4, -0.2) is 35.5 Å². The lowest BCUT2D eigenvalue weighted by atomic mass is 10.0. The van der Waals surface area contributed by atoms with Crippen molar-refractivity contribution in [2.75, 3.05) is 11.2 Å². The second-order valence-electron chi connectivity index (χ2n) is 8.89. The number of anilines is 2. The van der Waals surface area contributed by atoms with E-state index in [1.54, 1.807) is 24.3 Å². The molecule has 5 N–H and O–H groups in total. The van der Waals surface area contributed by atoms with E-state index in [4.69, 9.17) is 10.8 Å². The largest absolute Gasteiger partial charge is 0.478 e. The van der Waals surface area contributed by atoms with Crippen LogP contribution in [0.4, 0.5) is 22.7 Å². The second kappa shape index (κ2) is 11.0. The maximum absolute atomic E-state index is 11.6. The van der Waals surface area contributed by atoms with Gasteiger partial charge in [0.15, 0.2) is 5.78 Å². The molecule has 0 spiro atoms. The fraction of sp³-hybridized carbons (Fsp3) is 0. The molecule has 1 aliphatic rings. The van der Waals surface area contributed by atoms with Crippen LogP contribution in [0, 0.1) is 0 Å². The lowest BCUT2D eigenvalue weighted by Crippen LogP contribution is -2.15. The summed E-state index contributed by atoms with van der Waals surface area (Å²) in [5, 5.41) is 22.9. The molecular weight excluding hydrogens is 546 g/mol. The van der Waals surface area contributed by atoms with Gasteiger partial charge >= 0.3 is 5.97 Å². The maximum Gasteiger partial charge on any atom is 0.339 e. The molecule has 4 aromatic carbocycles. The van der Waals surface area contributed by atoms with Crippen LogP contribution < -0.4 is 11.2 Å². The smallest absolute Gasteiger partial charge is 0.339 e. The maximum atomic E-state index is 11.6. The van der Waals surface area contributed by atoms with E-state index in [9.17, 15) is 22.6 Å². The number of hydrazone groups is 1. The van der Waals surface area contributed by atoms with Crippen LogP contribution in [-0.2, 0) is 19.7 Å². The first-order valence-electron chi connectivity index (χ1n) is 12.0. The van der Waals surface area contributed by atoms with Crippen LogP contribution in [0.15, 0.2) is 123 Å². The molecule has 0 aliphatic heterocycles. The Morgan fingerprint density at radius 1 is 0.854 bits per heavy atom. The zero-order valence-electron chi connectivity index (χ0n) is 21.1. The molecule has 4 aromatic rings. The van der Waals surface area contributed by atoms with E-state index >= 15 is 0 Å². The van der Waals surface area contributed by atoms with Crippen molar-refractivity contribution in [3.63, 3.8) is 0 Å². The number of carboxylic acids is 1.